The molecular weight excluding hydrogens is 258 g/mol. The summed E-state index contributed by atoms with van der Waals surface area (Å²) in [6, 6.07) is 4.78. The number of hydrogen-bond acceptors (Lipinski definition) is 3. The van der Waals surface area contributed by atoms with Crippen LogP contribution in [0, 0.1) is 23.7 Å². The molecule has 102 valence electrons. The van der Waals surface area contributed by atoms with Crippen molar-refractivity contribution in [3.63, 3.8) is 0 Å². The number of rotatable bonds is 5. The Hall–Kier alpha value is -0.870. The highest BCUT2D eigenvalue weighted by Crippen LogP contribution is 2.65. The molecule has 2 N–H and O–H groups in total. The topological polar surface area (TPSA) is 49.3 Å². The highest BCUT2D eigenvalue weighted by molar-refractivity contribution is 7.12. The van der Waals surface area contributed by atoms with Crippen molar-refractivity contribution in [3.05, 3.63) is 21.9 Å². The maximum Gasteiger partial charge on any atom is 0.308 e. The van der Waals surface area contributed by atoms with Gasteiger partial charge in [-0.05, 0) is 55.1 Å². The SMILES string of the molecule is O=C(O)Cc1ccc(CNC2C3C4CCC(C4)C23)s1. The summed E-state index contributed by atoms with van der Waals surface area (Å²) in [7, 11) is 0. The molecular formula is C15H19NO2S. The highest BCUT2D eigenvalue weighted by Gasteiger charge is 2.64. The minimum absolute atomic E-state index is 0.156. The Labute approximate surface area is 117 Å². The summed E-state index contributed by atoms with van der Waals surface area (Å²) >= 11 is 1.63. The molecule has 2 bridgehead atoms. The Kier molecular flexibility index (Phi) is 2.71. The van der Waals surface area contributed by atoms with E-state index in [0.29, 0.717) is 0 Å². The van der Waals surface area contributed by atoms with Gasteiger partial charge in [0.15, 0.2) is 0 Å². The van der Waals surface area contributed by atoms with Crippen LogP contribution in [0.25, 0.3) is 0 Å². The van der Waals surface area contributed by atoms with E-state index in [9.17, 15) is 4.79 Å². The van der Waals surface area contributed by atoms with E-state index in [1.54, 1.807) is 11.3 Å². The van der Waals surface area contributed by atoms with Crippen molar-refractivity contribution in [3.8, 4) is 0 Å². The highest BCUT2D eigenvalue weighted by atomic mass is 32.1. The predicted molar refractivity (Wildman–Crippen MR) is 74.1 cm³/mol. The molecule has 1 aromatic heterocycles. The van der Waals surface area contributed by atoms with E-state index in [0.717, 1.165) is 41.1 Å². The molecule has 0 saturated heterocycles. The van der Waals surface area contributed by atoms with E-state index in [-0.39, 0.29) is 6.42 Å². The predicted octanol–water partition coefficient (Wildman–Crippen LogP) is 2.51. The van der Waals surface area contributed by atoms with Gasteiger partial charge < -0.3 is 10.4 Å². The molecule has 4 heteroatoms. The molecule has 3 aliphatic carbocycles. The molecule has 19 heavy (non-hydrogen) atoms. The molecule has 3 aliphatic rings. The molecule has 3 saturated carbocycles. The average molecular weight is 277 g/mol. The Bertz CT molecular complexity index is 496. The molecule has 3 fully saturated rings. The van der Waals surface area contributed by atoms with Crippen LogP contribution in [0.1, 0.15) is 29.0 Å². The van der Waals surface area contributed by atoms with Gasteiger partial charge in [-0.2, -0.15) is 0 Å². The van der Waals surface area contributed by atoms with Crippen LogP contribution in [-0.4, -0.2) is 17.1 Å². The lowest BCUT2D eigenvalue weighted by molar-refractivity contribution is -0.136. The maximum absolute atomic E-state index is 10.7. The molecule has 0 aromatic carbocycles. The Morgan fingerprint density at radius 3 is 2.63 bits per heavy atom. The van der Waals surface area contributed by atoms with Crippen molar-refractivity contribution >= 4 is 17.3 Å². The summed E-state index contributed by atoms with van der Waals surface area (Å²) in [5.41, 5.74) is 0. The largest absolute Gasteiger partial charge is 0.481 e. The fraction of sp³-hybridized carbons (Fsp3) is 0.667. The van der Waals surface area contributed by atoms with Gasteiger partial charge in [-0.3, -0.25) is 4.79 Å². The number of carboxylic acid groups (broad SMARTS) is 1. The first-order valence-electron chi connectivity index (χ1n) is 7.25. The van der Waals surface area contributed by atoms with Gasteiger partial charge in [0.05, 0.1) is 6.42 Å². The number of carboxylic acids is 1. The molecule has 0 aliphatic heterocycles. The standard InChI is InChI=1S/C15H19NO2S/c17-12(18)6-10-3-4-11(19-10)7-16-15-13-8-1-2-9(5-8)14(13)15/h3-4,8-9,13-16H,1-2,5-7H2,(H,17,18). The second kappa shape index (κ2) is 4.32. The third kappa shape index (κ3) is 2.01. The van der Waals surface area contributed by atoms with E-state index in [2.05, 4.69) is 11.4 Å². The molecule has 4 atom stereocenters. The number of carbonyl (C=O) groups is 1. The van der Waals surface area contributed by atoms with Crippen LogP contribution in [0.5, 0.6) is 0 Å². The average Bonchev–Trinajstić information content (AvgIpc) is 2.75. The second-order valence-electron chi connectivity index (χ2n) is 6.33. The first kappa shape index (κ1) is 11.9. The number of aliphatic carboxylic acids is 1. The lowest BCUT2D eigenvalue weighted by Crippen LogP contribution is -2.21. The molecule has 4 rings (SSSR count). The van der Waals surface area contributed by atoms with Gasteiger partial charge in [-0.15, -0.1) is 11.3 Å². The van der Waals surface area contributed by atoms with Crippen molar-refractivity contribution in [2.45, 2.75) is 38.3 Å². The van der Waals surface area contributed by atoms with Crippen molar-refractivity contribution in [1.29, 1.82) is 0 Å². The van der Waals surface area contributed by atoms with Gasteiger partial charge in [0.25, 0.3) is 0 Å². The van der Waals surface area contributed by atoms with E-state index in [1.165, 1.54) is 24.1 Å². The first-order chi connectivity index (χ1) is 9.22. The van der Waals surface area contributed by atoms with Gasteiger partial charge in [0.1, 0.15) is 0 Å². The van der Waals surface area contributed by atoms with Crippen LogP contribution < -0.4 is 5.32 Å². The summed E-state index contributed by atoms with van der Waals surface area (Å²) in [4.78, 5) is 12.9. The van der Waals surface area contributed by atoms with Crippen LogP contribution in [0.3, 0.4) is 0 Å². The number of fused-ring (bicyclic) bond motifs is 5. The van der Waals surface area contributed by atoms with E-state index < -0.39 is 5.97 Å². The molecule has 4 unspecified atom stereocenters. The van der Waals surface area contributed by atoms with Gasteiger partial charge in [0, 0.05) is 22.3 Å². The Morgan fingerprint density at radius 2 is 1.95 bits per heavy atom. The molecule has 1 heterocycles. The molecule has 3 nitrogen and oxygen atoms in total. The molecule has 1 aromatic rings. The summed E-state index contributed by atoms with van der Waals surface area (Å²) in [6.45, 7) is 0.918. The molecule has 0 amide bonds. The van der Waals surface area contributed by atoms with Crippen LogP contribution in [-0.2, 0) is 17.8 Å². The van der Waals surface area contributed by atoms with Crippen molar-refractivity contribution < 1.29 is 9.90 Å². The quantitative estimate of drug-likeness (QED) is 0.869. The maximum atomic E-state index is 10.7. The monoisotopic (exact) mass is 277 g/mol. The zero-order chi connectivity index (χ0) is 13.0. The van der Waals surface area contributed by atoms with E-state index in [1.807, 2.05) is 6.07 Å². The van der Waals surface area contributed by atoms with Crippen LogP contribution >= 0.6 is 11.3 Å². The molecule has 0 radical (unpaired) electrons. The van der Waals surface area contributed by atoms with E-state index >= 15 is 0 Å². The van der Waals surface area contributed by atoms with Crippen molar-refractivity contribution in [2.24, 2.45) is 23.7 Å². The number of nitrogens with one attached hydrogen (secondary N) is 1. The Balaban J connectivity index is 1.32. The normalized spacial score (nSPS) is 38.4. The second-order valence-corrected chi connectivity index (χ2v) is 7.59. The van der Waals surface area contributed by atoms with Crippen molar-refractivity contribution in [1.82, 2.24) is 5.32 Å². The van der Waals surface area contributed by atoms with E-state index in [4.69, 9.17) is 5.11 Å². The smallest absolute Gasteiger partial charge is 0.308 e. The molecule has 0 spiro atoms. The van der Waals surface area contributed by atoms with Gasteiger partial charge in [-0.25, -0.2) is 0 Å². The van der Waals surface area contributed by atoms with Gasteiger partial charge >= 0.3 is 5.97 Å². The summed E-state index contributed by atoms with van der Waals surface area (Å²) in [5, 5.41) is 12.5. The van der Waals surface area contributed by atoms with Crippen LogP contribution in [0.4, 0.5) is 0 Å². The van der Waals surface area contributed by atoms with Crippen LogP contribution in [0.15, 0.2) is 12.1 Å². The fourth-order valence-corrected chi connectivity index (χ4v) is 5.54. The third-order valence-electron chi connectivity index (χ3n) is 5.29. The minimum Gasteiger partial charge on any atom is -0.481 e. The van der Waals surface area contributed by atoms with Gasteiger partial charge in [0.2, 0.25) is 0 Å². The van der Waals surface area contributed by atoms with Crippen LogP contribution in [0.2, 0.25) is 0 Å². The Morgan fingerprint density at radius 1 is 1.26 bits per heavy atom. The summed E-state index contributed by atoms with van der Waals surface area (Å²) in [5.74, 6) is 3.22. The number of hydrogen-bond donors (Lipinski definition) is 2. The van der Waals surface area contributed by atoms with Gasteiger partial charge in [-0.1, -0.05) is 0 Å². The summed E-state index contributed by atoms with van der Waals surface area (Å²) in [6.07, 6.45) is 4.58. The fourth-order valence-electron chi connectivity index (χ4n) is 4.58. The lowest BCUT2D eigenvalue weighted by atomic mass is 10.0. The third-order valence-corrected chi connectivity index (χ3v) is 6.38. The first-order valence-corrected chi connectivity index (χ1v) is 8.07. The lowest BCUT2D eigenvalue weighted by Gasteiger charge is -2.09. The summed E-state index contributed by atoms with van der Waals surface area (Å²) < 4.78 is 0. The zero-order valence-electron chi connectivity index (χ0n) is 10.8. The zero-order valence-corrected chi connectivity index (χ0v) is 11.7. The van der Waals surface area contributed by atoms with Crippen molar-refractivity contribution in [2.75, 3.05) is 0 Å². The minimum atomic E-state index is -0.741. The number of thiophene rings is 1.